The van der Waals surface area contributed by atoms with Crippen molar-refractivity contribution in [1.82, 2.24) is 5.32 Å². The maximum atomic E-state index is 10.7. The second-order valence-corrected chi connectivity index (χ2v) is 4.71. The first-order valence-corrected chi connectivity index (χ1v) is 6.22. The van der Waals surface area contributed by atoms with E-state index in [4.69, 9.17) is 23.2 Å². The van der Waals surface area contributed by atoms with Crippen molar-refractivity contribution in [3.05, 3.63) is 32.3 Å². The van der Waals surface area contributed by atoms with E-state index in [0.29, 0.717) is 15.7 Å². The molecule has 0 spiro atoms. The number of hydrogen-bond donors (Lipinski definition) is 1. The molecule has 0 unspecified atom stereocenters. The van der Waals surface area contributed by atoms with Crippen molar-refractivity contribution < 1.29 is 4.92 Å². The number of nitro benzene ring substituents is 1. The molecule has 0 aromatic heterocycles. The summed E-state index contributed by atoms with van der Waals surface area (Å²) in [5.41, 5.74) is 0.525. The lowest BCUT2D eigenvalue weighted by atomic mass is 10.2. The third kappa shape index (κ3) is 3.73. The van der Waals surface area contributed by atoms with E-state index in [-0.39, 0.29) is 5.69 Å². The van der Waals surface area contributed by atoms with Gasteiger partial charge in [-0.05, 0) is 20.0 Å². The van der Waals surface area contributed by atoms with Crippen LogP contribution in [0.3, 0.4) is 0 Å². The molecule has 0 fully saturated rings. The van der Waals surface area contributed by atoms with Gasteiger partial charge in [0.25, 0.3) is 5.69 Å². The highest BCUT2D eigenvalue weighted by Crippen LogP contribution is 2.36. The zero-order chi connectivity index (χ0) is 13.7. The van der Waals surface area contributed by atoms with Crippen LogP contribution in [0, 0.1) is 10.1 Å². The maximum absolute atomic E-state index is 10.7. The Morgan fingerprint density at radius 3 is 2.39 bits per heavy atom. The fourth-order valence-electron chi connectivity index (χ4n) is 1.63. The van der Waals surface area contributed by atoms with Gasteiger partial charge in [-0.25, -0.2) is 0 Å². The van der Waals surface area contributed by atoms with Gasteiger partial charge in [0, 0.05) is 25.7 Å². The molecule has 1 rings (SSSR count). The summed E-state index contributed by atoms with van der Waals surface area (Å²) in [6.45, 7) is 1.64. The Morgan fingerprint density at radius 1 is 1.39 bits per heavy atom. The van der Waals surface area contributed by atoms with Gasteiger partial charge in [0.1, 0.15) is 0 Å². The van der Waals surface area contributed by atoms with Crippen molar-refractivity contribution in [2.45, 2.75) is 6.42 Å². The molecular weight excluding hydrogens is 277 g/mol. The number of benzene rings is 1. The van der Waals surface area contributed by atoms with Gasteiger partial charge in [-0.2, -0.15) is 0 Å². The van der Waals surface area contributed by atoms with Crippen molar-refractivity contribution in [2.75, 3.05) is 32.1 Å². The average Bonchev–Trinajstić information content (AvgIpc) is 2.28. The molecule has 1 N–H and O–H groups in total. The number of hydrogen-bond acceptors (Lipinski definition) is 4. The fourth-order valence-corrected chi connectivity index (χ4v) is 2.39. The molecule has 18 heavy (non-hydrogen) atoms. The molecule has 0 aliphatic rings. The molecule has 5 nitrogen and oxygen atoms in total. The van der Waals surface area contributed by atoms with E-state index < -0.39 is 4.92 Å². The molecule has 0 radical (unpaired) electrons. The quantitative estimate of drug-likeness (QED) is 0.497. The minimum atomic E-state index is -0.511. The van der Waals surface area contributed by atoms with Gasteiger partial charge in [-0.15, -0.1) is 0 Å². The summed E-state index contributed by atoms with van der Waals surface area (Å²) < 4.78 is 0. The van der Waals surface area contributed by atoms with Crippen molar-refractivity contribution in [3.8, 4) is 0 Å². The largest absolute Gasteiger partial charge is 0.372 e. The lowest BCUT2D eigenvalue weighted by Crippen LogP contribution is -2.22. The van der Waals surface area contributed by atoms with Crippen molar-refractivity contribution >= 4 is 34.6 Å². The minimum absolute atomic E-state index is 0.0997. The Morgan fingerprint density at radius 2 is 1.94 bits per heavy atom. The van der Waals surface area contributed by atoms with Gasteiger partial charge in [0.05, 0.1) is 20.7 Å². The van der Waals surface area contributed by atoms with Gasteiger partial charge in [0.15, 0.2) is 0 Å². The number of nitrogens with one attached hydrogen (secondary N) is 1. The first kappa shape index (κ1) is 15.0. The molecule has 0 amide bonds. The summed E-state index contributed by atoms with van der Waals surface area (Å²) in [6, 6.07) is 2.63. The summed E-state index contributed by atoms with van der Waals surface area (Å²) in [4.78, 5) is 12.0. The summed E-state index contributed by atoms with van der Waals surface area (Å²) in [6.07, 6.45) is 0.927. The van der Waals surface area contributed by atoms with Crippen LogP contribution in [0.25, 0.3) is 0 Å². The Hall–Kier alpha value is -1.04. The van der Waals surface area contributed by atoms with Crippen LogP contribution in [0.2, 0.25) is 10.0 Å². The van der Waals surface area contributed by atoms with E-state index in [1.54, 1.807) is 0 Å². The van der Waals surface area contributed by atoms with E-state index in [9.17, 15) is 10.1 Å². The molecule has 0 saturated heterocycles. The van der Waals surface area contributed by atoms with Gasteiger partial charge >= 0.3 is 0 Å². The van der Waals surface area contributed by atoms with E-state index in [1.165, 1.54) is 12.1 Å². The van der Waals surface area contributed by atoms with Gasteiger partial charge in [0.2, 0.25) is 0 Å². The minimum Gasteiger partial charge on any atom is -0.372 e. The van der Waals surface area contributed by atoms with Crippen LogP contribution < -0.4 is 10.2 Å². The molecule has 0 aliphatic heterocycles. The van der Waals surface area contributed by atoms with Crippen LogP contribution in [0.5, 0.6) is 0 Å². The van der Waals surface area contributed by atoms with Crippen molar-refractivity contribution in [1.29, 1.82) is 0 Å². The highest BCUT2D eigenvalue weighted by atomic mass is 35.5. The number of rotatable bonds is 6. The summed E-state index contributed by atoms with van der Waals surface area (Å²) >= 11 is 12.1. The molecule has 0 bridgehead atoms. The van der Waals surface area contributed by atoms with Crippen LogP contribution in [0.4, 0.5) is 11.4 Å². The SMILES string of the molecule is CNCCCN(C)c1c(Cl)cc([N+](=O)[O-])cc1Cl. The van der Waals surface area contributed by atoms with Gasteiger partial charge in [-0.3, -0.25) is 10.1 Å². The lowest BCUT2D eigenvalue weighted by Gasteiger charge is -2.21. The zero-order valence-electron chi connectivity index (χ0n) is 10.2. The van der Waals surface area contributed by atoms with Gasteiger partial charge < -0.3 is 10.2 Å². The summed E-state index contributed by atoms with van der Waals surface area (Å²) in [7, 11) is 3.74. The van der Waals surface area contributed by atoms with E-state index in [1.807, 2.05) is 19.0 Å². The molecule has 0 aliphatic carbocycles. The second kappa shape index (κ2) is 6.78. The first-order valence-electron chi connectivity index (χ1n) is 5.46. The lowest BCUT2D eigenvalue weighted by molar-refractivity contribution is -0.384. The number of anilines is 1. The molecular formula is C11H15Cl2N3O2. The van der Waals surface area contributed by atoms with Crippen LogP contribution in [-0.4, -0.2) is 32.1 Å². The van der Waals surface area contributed by atoms with Crippen LogP contribution >= 0.6 is 23.2 Å². The van der Waals surface area contributed by atoms with E-state index in [0.717, 1.165) is 19.5 Å². The monoisotopic (exact) mass is 291 g/mol. The molecule has 0 saturated carbocycles. The third-order valence-corrected chi connectivity index (χ3v) is 3.09. The predicted octanol–water partition coefficient (Wildman–Crippen LogP) is 2.95. The molecule has 7 heteroatoms. The predicted molar refractivity (Wildman–Crippen MR) is 74.9 cm³/mol. The normalized spacial score (nSPS) is 10.4. The highest BCUT2D eigenvalue weighted by Gasteiger charge is 2.17. The van der Waals surface area contributed by atoms with Gasteiger partial charge in [-0.1, -0.05) is 23.2 Å². The van der Waals surface area contributed by atoms with Crippen molar-refractivity contribution in [3.63, 3.8) is 0 Å². The summed E-state index contributed by atoms with van der Waals surface area (Å²) in [5.74, 6) is 0. The van der Waals surface area contributed by atoms with Crippen molar-refractivity contribution in [2.24, 2.45) is 0 Å². The third-order valence-electron chi connectivity index (χ3n) is 2.51. The number of non-ortho nitro benzene ring substituents is 1. The van der Waals surface area contributed by atoms with Crippen LogP contribution in [0.1, 0.15) is 6.42 Å². The Labute approximate surface area is 116 Å². The zero-order valence-corrected chi connectivity index (χ0v) is 11.8. The van der Waals surface area contributed by atoms with Crippen LogP contribution in [0.15, 0.2) is 12.1 Å². The maximum Gasteiger partial charge on any atom is 0.272 e. The standard InChI is InChI=1S/C11H15Cl2N3O2/c1-14-4-3-5-15(2)11-9(12)6-8(16(17)18)7-10(11)13/h6-7,14H,3-5H2,1-2H3. The molecule has 100 valence electrons. The fraction of sp³-hybridized carbons (Fsp3) is 0.455. The average molecular weight is 292 g/mol. The topological polar surface area (TPSA) is 58.4 Å². The summed E-state index contributed by atoms with van der Waals surface area (Å²) in [5, 5.41) is 14.3. The highest BCUT2D eigenvalue weighted by molar-refractivity contribution is 6.39. The van der Waals surface area contributed by atoms with Crippen LogP contribution in [-0.2, 0) is 0 Å². The number of halogens is 2. The smallest absolute Gasteiger partial charge is 0.272 e. The molecule has 0 atom stereocenters. The Balaban J connectivity index is 2.92. The Bertz CT molecular complexity index is 417. The number of nitrogens with zero attached hydrogens (tertiary/aromatic N) is 2. The number of nitro groups is 1. The first-order chi connectivity index (χ1) is 8.47. The molecule has 0 heterocycles. The second-order valence-electron chi connectivity index (χ2n) is 3.89. The van der Waals surface area contributed by atoms with E-state index in [2.05, 4.69) is 5.32 Å². The molecule has 1 aromatic carbocycles. The molecule has 1 aromatic rings. The van der Waals surface area contributed by atoms with E-state index >= 15 is 0 Å². The Kier molecular flexibility index (Phi) is 5.65.